The van der Waals surface area contributed by atoms with Gasteiger partial charge in [-0.15, -0.1) is 0 Å². The lowest BCUT2D eigenvalue weighted by Gasteiger charge is -2.10. The van der Waals surface area contributed by atoms with Crippen molar-refractivity contribution in [1.29, 1.82) is 0 Å². The summed E-state index contributed by atoms with van der Waals surface area (Å²) in [6, 6.07) is 21.5. The molecule has 0 saturated heterocycles. The van der Waals surface area contributed by atoms with Gasteiger partial charge in [0, 0.05) is 23.7 Å². The molecule has 0 atom stereocenters. The van der Waals surface area contributed by atoms with E-state index in [0.717, 1.165) is 38.9 Å². The molecule has 0 bridgehead atoms. The van der Waals surface area contributed by atoms with Gasteiger partial charge in [-0.2, -0.15) is 0 Å². The van der Waals surface area contributed by atoms with Gasteiger partial charge in [-0.25, -0.2) is 9.97 Å². The molecule has 0 spiro atoms. The van der Waals surface area contributed by atoms with Crippen molar-refractivity contribution < 1.29 is 4.74 Å². The van der Waals surface area contributed by atoms with Crippen LogP contribution in [-0.4, -0.2) is 25.5 Å². The minimum atomic E-state index is -0.0747. The van der Waals surface area contributed by atoms with Crippen LogP contribution in [0.5, 0.6) is 5.75 Å². The summed E-state index contributed by atoms with van der Waals surface area (Å²) >= 11 is 1.57. The molecule has 7 heteroatoms. The fourth-order valence-corrected chi connectivity index (χ4v) is 4.60. The Hall–Kier alpha value is -3.58. The second-order valence-corrected chi connectivity index (χ2v) is 8.40. The number of aryl methyl sites for hydroxylation is 1. The molecule has 160 valence electrons. The van der Waals surface area contributed by atoms with Gasteiger partial charge in [0.05, 0.1) is 23.3 Å². The molecule has 0 aliphatic heterocycles. The van der Waals surface area contributed by atoms with Crippen molar-refractivity contribution >= 4 is 28.4 Å². The van der Waals surface area contributed by atoms with Gasteiger partial charge in [0.25, 0.3) is 5.56 Å². The number of nitrogens with zero attached hydrogens (tertiary/aromatic N) is 4. The maximum atomic E-state index is 12.6. The number of fused-ring (bicyclic) bond motifs is 2. The van der Waals surface area contributed by atoms with Crippen LogP contribution < -0.4 is 10.3 Å². The zero-order valence-electron chi connectivity index (χ0n) is 17.9. The quantitative estimate of drug-likeness (QED) is 0.345. The van der Waals surface area contributed by atoms with E-state index in [1.807, 2.05) is 74.6 Å². The van der Waals surface area contributed by atoms with Crippen molar-refractivity contribution in [2.24, 2.45) is 0 Å². The minimum absolute atomic E-state index is 0.0747. The van der Waals surface area contributed by atoms with Crippen molar-refractivity contribution in [1.82, 2.24) is 18.9 Å². The van der Waals surface area contributed by atoms with Crippen LogP contribution in [0.3, 0.4) is 0 Å². The van der Waals surface area contributed by atoms with E-state index in [2.05, 4.69) is 15.6 Å². The van der Waals surface area contributed by atoms with Crippen LogP contribution >= 0.6 is 11.8 Å². The average Bonchev–Trinajstić information content (AvgIpc) is 3.17. The molecule has 0 unspecified atom stereocenters. The smallest absolute Gasteiger partial charge is 0.258 e. The summed E-state index contributed by atoms with van der Waals surface area (Å²) < 4.78 is 9.30. The first-order chi connectivity index (χ1) is 15.6. The van der Waals surface area contributed by atoms with Gasteiger partial charge in [-0.1, -0.05) is 30.0 Å². The van der Waals surface area contributed by atoms with Gasteiger partial charge >= 0.3 is 0 Å². The number of rotatable bonds is 6. The molecular formula is C25H22N4O2S. The Labute approximate surface area is 189 Å². The number of hydrogen-bond donors (Lipinski definition) is 0. The second kappa shape index (κ2) is 8.51. The summed E-state index contributed by atoms with van der Waals surface area (Å²) in [6.07, 6.45) is 1.81. The van der Waals surface area contributed by atoms with Gasteiger partial charge in [0.15, 0.2) is 5.16 Å². The van der Waals surface area contributed by atoms with Crippen LogP contribution in [0.15, 0.2) is 82.9 Å². The van der Waals surface area contributed by atoms with Crippen molar-refractivity contribution in [3.05, 3.63) is 94.5 Å². The van der Waals surface area contributed by atoms with Crippen LogP contribution in [-0.2, 0) is 5.75 Å². The predicted molar refractivity (Wildman–Crippen MR) is 128 cm³/mol. The fraction of sp³-hybridized carbons (Fsp3) is 0.160. The van der Waals surface area contributed by atoms with E-state index in [1.165, 1.54) is 0 Å². The van der Waals surface area contributed by atoms with Gasteiger partial charge < -0.3 is 4.74 Å². The number of hydrogen-bond acceptors (Lipinski definition) is 5. The largest absolute Gasteiger partial charge is 0.494 e. The van der Waals surface area contributed by atoms with E-state index >= 15 is 0 Å². The van der Waals surface area contributed by atoms with Crippen LogP contribution in [0.25, 0.3) is 22.4 Å². The Morgan fingerprint density at radius 3 is 2.62 bits per heavy atom. The molecule has 3 heterocycles. The Balaban J connectivity index is 1.51. The Bertz CT molecular complexity index is 1470. The highest BCUT2D eigenvalue weighted by Gasteiger charge is 2.14. The molecule has 5 rings (SSSR count). The third-order valence-electron chi connectivity index (χ3n) is 5.15. The second-order valence-electron chi connectivity index (χ2n) is 7.45. The maximum Gasteiger partial charge on any atom is 0.258 e. The summed E-state index contributed by atoms with van der Waals surface area (Å²) in [5.41, 5.74) is 5.29. The molecule has 0 saturated carbocycles. The Morgan fingerprint density at radius 2 is 1.81 bits per heavy atom. The number of ether oxygens (including phenoxy) is 1. The molecule has 32 heavy (non-hydrogen) atoms. The third kappa shape index (κ3) is 3.87. The van der Waals surface area contributed by atoms with Crippen LogP contribution in [0.1, 0.15) is 18.2 Å². The van der Waals surface area contributed by atoms with Crippen LogP contribution in [0.2, 0.25) is 0 Å². The van der Waals surface area contributed by atoms with Gasteiger partial charge in [-0.05, 0) is 61.9 Å². The highest BCUT2D eigenvalue weighted by atomic mass is 32.2. The molecule has 0 aliphatic rings. The SMILES string of the molecule is CCOc1ccc(-n2c(SCc3cc(=O)n4cc(C)ccc4n3)nc3ccccc32)cc1. The first-order valence-electron chi connectivity index (χ1n) is 10.4. The zero-order chi connectivity index (χ0) is 22.1. The molecule has 6 nitrogen and oxygen atoms in total. The number of benzene rings is 2. The monoisotopic (exact) mass is 442 g/mol. The van der Waals surface area contributed by atoms with E-state index in [1.54, 1.807) is 22.2 Å². The van der Waals surface area contributed by atoms with Crippen LogP contribution in [0.4, 0.5) is 0 Å². The summed E-state index contributed by atoms with van der Waals surface area (Å²) in [5.74, 6) is 1.38. The summed E-state index contributed by atoms with van der Waals surface area (Å²) in [6.45, 7) is 4.56. The number of pyridine rings is 1. The molecular weight excluding hydrogens is 420 g/mol. The highest BCUT2D eigenvalue weighted by molar-refractivity contribution is 7.98. The zero-order valence-corrected chi connectivity index (χ0v) is 18.7. The van der Waals surface area contributed by atoms with Gasteiger partial charge in [0.2, 0.25) is 0 Å². The molecule has 0 aliphatic carbocycles. The molecule has 0 fully saturated rings. The maximum absolute atomic E-state index is 12.6. The van der Waals surface area contributed by atoms with E-state index in [-0.39, 0.29) is 5.56 Å². The lowest BCUT2D eigenvalue weighted by atomic mass is 10.2. The van der Waals surface area contributed by atoms with E-state index < -0.39 is 0 Å². The standard InChI is InChI=1S/C25H22N4O2S/c1-3-31-20-11-9-19(10-12-20)29-22-7-5-4-6-21(22)27-25(29)32-16-18-14-24(30)28-15-17(2)8-13-23(28)26-18/h4-15H,3,16H2,1-2H3. The molecule has 5 aromatic rings. The third-order valence-corrected chi connectivity index (χ3v) is 6.12. The van der Waals surface area contributed by atoms with E-state index in [9.17, 15) is 4.79 Å². The number of para-hydroxylation sites is 2. The highest BCUT2D eigenvalue weighted by Crippen LogP contribution is 2.30. The van der Waals surface area contributed by atoms with E-state index in [0.29, 0.717) is 18.0 Å². The molecule has 0 N–H and O–H groups in total. The average molecular weight is 443 g/mol. The first-order valence-corrected chi connectivity index (χ1v) is 11.4. The van der Waals surface area contributed by atoms with Crippen molar-refractivity contribution in [2.45, 2.75) is 24.8 Å². The van der Waals surface area contributed by atoms with E-state index in [4.69, 9.17) is 9.72 Å². The normalized spacial score (nSPS) is 11.3. The van der Waals surface area contributed by atoms with Gasteiger partial charge in [0.1, 0.15) is 11.4 Å². The summed E-state index contributed by atoms with van der Waals surface area (Å²) in [5, 5.41) is 0.848. The Kier molecular flexibility index (Phi) is 5.41. The molecule has 2 aromatic carbocycles. The van der Waals surface area contributed by atoms with Gasteiger partial charge in [-0.3, -0.25) is 13.8 Å². The Morgan fingerprint density at radius 1 is 1.00 bits per heavy atom. The molecule has 3 aromatic heterocycles. The lowest BCUT2D eigenvalue weighted by Crippen LogP contribution is -2.15. The van der Waals surface area contributed by atoms with Crippen molar-refractivity contribution in [3.8, 4) is 11.4 Å². The fourth-order valence-electron chi connectivity index (χ4n) is 3.68. The summed E-state index contributed by atoms with van der Waals surface area (Å²) in [7, 11) is 0. The number of imidazole rings is 1. The predicted octanol–water partition coefficient (Wildman–Crippen LogP) is 5.03. The molecule has 0 radical (unpaired) electrons. The topological polar surface area (TPSA) is 61.4 Å². The lowest BCUT2D eigenvalue weighted by molar-refractivity contribution is 0.340. The summed E-state index contributed by atoms with van der Waals surface area (Å²) in [4.78, 5) is 22.1. The molecule has 0 amide bonds. The van der Waals surface area contributed by atoms with Crippen LogP contribution in [0, 0.1) is 6.92 Å². The number of aromatic nitrogens is 4. The van der Waals surface area contributed by atoms with Crippen molar-refractivity contribution in [2.75, 3.05) is 6.61 Å². The number of thioether (sulfide) groups is 1. The van der Waals surface area contributed by atoms with Crippen molar-refractivity contribution in [3.63, 3.8) is 0 Å². The minimum Gasteiger partial charge on any atom is -0.494 e. The first kappa shape index (κ1) is 20.3.